The summed E-state index contributed by atoms with van der Waals surface area (Å²) in [5, 5.41) is 6.88. The van der Waals surface area contributed by atoms with Gasteiger partial charge in [0.25, 0.3) is 0 Å². The van der Waals surface area contributed by atoms with E-state index in [1.807, 2.05) is 20.8 Å². The Morgan fingerprint density at radius 1 is 1.17 bits per heavy atom. The molecular formula is C17H36IN3OS. The first-order chi connectivity index (χ1) is 10.2. The standard InChI is InChI=1S/C17H35N3OS.HI/c1-7-18-16(19-8-9-22(21)17(4,5)6)20-15-11-13(2)10-14(3)12-15;/h13-15H,7-12H2,1-6H3,(H2,18,19,20);1H. The Morgan fingerprint density at radius 3 is 2.22 bits per heavy atom. The van der Waals surface area contributed by atoms with Gasteiger partial charge in [-0.15, -0.1) is 24.0 Å². The van der Waals surface area contributed by atoms with E-state index in [1.54, 1.807) is 0 Å². The largest absolute Gasteiger partial charge is 0.357 e. The molecule has 0 aromatic heterocycles. The second-order valence-electron chi connectivity index (χ2n) is 7.68. The van der Waals surface area contributed by atoms with E-state index in [9.17, 15) is 4.21 Å². The van der Waals surface area contributed by atoms with Crippen molar-refractivity contribution in [1.82, 2.24) is 10.6 Å². The highest BCUT2D eigenvalue weighted by atomic mass is 127. The van der Waals surface area contributed by atoms with E-state index >= 15 is 0 Å². The molecule has 0 aromatic carbocycles. The number of aliphatic imine (C=N–C) groups is 1. The molecule has 2 N–H and O–H groups in total. The fraction of sp³-hybridized carbons (Fsp3) is 0.941. The Labute approximate surface area is 162 Å². The van der Waals surface area contributed by atoms with Gasteiger partial charge in [-0.25, -0.2) is 0 Å². The smallest absolute Gasteiger partial charge is 0.191 e. The van der Waals surface area contributed by atoms with Crippen LogP contribution in [0.15, 0.2) is 4.99 Å². The fourth-order valence-electron chi connectivity index (χ4n) is 3.12. The van der Waals surface area contributed by atoms with E-state index in [0.29, 0.717) is 18.3 Å². The molecule has 0 aromatic rings. The Bertz CT molecular complexity index is 386. The molecule has 1 aliphatic rings. The number of nitrogens with zero attached hydrogens (tertiary/aromatic N) is 1. The Kier molecular flexibility index (Phi) is 11.0. The van der Waals surface area contributed by atoms with Gasteiger partial charge in [0, 0.05) is 33.9 Å². The molecule has 138 valence electrons. The van der Waals surface area contributed by atoms with E-state index in [0.717, 1.165) is 24.3 Å². The van der Waals surface area contributed by atoms with Crippen LogP contribution in [0.25, 0.3) is 0 Å². The minimum absolute atomic E-state index is 0. The molecule has 0 bridgehead atoms. The average Bonchev–Trinajstić information content (AvgIpc) is 2.36. The van der Waals surface area contributed by atoms with Crippen molar-refractivity contribution in [2.45, 2.75) is 71.6 Å². The highest BCUT2D eigenvalue weighted by Gasteiger charge is 2.24. The lowest BCUT2D eigenvalue weighted by Crippen LogP contribution is -2.46. The van der Waals surface area contributed by atoms with Gasteiger partial charge >= 0.3 is 0 Å². The maximum absolute atomic E-state index is 12.1. The van der Waals surface area contributed by atoms with Crippen LogP contribution in [0.4, 0.5) is 0 Å². The maximum Gasteiger partial charge on any atom is 0.191 e. The predicted octanol–water partition coefficient (Wildman–Crippen LogP) is 3.53. The quantitative estimate of drug-likeness (QED) is 0.377. The molecule has 6 heteroatoms. The molecule has 0 heterocycles. The van der Waals surface area contributed by atoms with Gasteiger partial charge in [0.2, 0.25) is 0 Å². The van der Waals surface area contributed by atoms with Crippen molar-refractivity contribution in [2.24, 2.45) is 16.8 Å². The summed E-state index contributed by atoms with van der Waals surface area (Å²) in [6.45, 7) is 14.3. The monoisotopic (exact) mass is 457 g/mol. The molecule has 0 aliphatic heterocycles. The normalized spacial score (nSPS) is 27.0. The highest BCUT2D eigenvalue weighted by molar-refractivity contribution is 14.0. The summed E-state index contributed by atoms with van der Waals surface area (Å²) >= 11 is 0. The summed E-state index contributed by atoms with van der Waals surface area (Å²) in [6, 6.07) is 0.504. The van der Waals surface area contributed by atoms with Gasteiger partial charge in [-0.3, -0.25) is 9.20 Å². The molecule has 4 nitrogen and oxygen atoms in total. The summed E-state index contributed by atoms with van der Waals surface area (Å²) < 4.78 is 11.9. The summed E-state index contributed by atoms with van der Waals surface area (Å²) in [7, 11) is -0.838. The molecule has 1 saturated carbocycles. The van der Waals surface area contributed by atoms with Gasteiger partial charge < -0.3 is 10.6 Å². The second-order valence-corrected chi connectivity index (χ2v) is 10.0. The molecule has 0 amide bonds. The zero-order chi connectivity index (χ0) is 16.8. The first kappa shape index (κ1) is 23.1. The second kappa shape index (κ2) is 10.9. The highest BCUT2D eigenvalue weighted by Crippen LogP contribution is 2.28. The first-order valence-corrected chi connectivity index (χ1v) is 9.97. The van der Waals surface area contributed by atoms with Crippen molar-refractivity contribution in [3.05, 3.63) is 0 Å². The third-order valence-electron chi connectivity index (χ3n) is 4.09. The van der Waals surface area contributed by atoms with Crippen molar-refractivity contribution >= 4 is 40.7 Å². The van der Waals surface area contributed by atoms with Crippen LogP contribution in [-0.4, -0.2) is 39.8 Å². The molecule has 1 fully saturated rings. The van der Waals surface area contributed by atoms with Crippen LogP contribution in [0, 0.1) is 11.8 Å². The van der Waals surface area contributed by atoms with E-state index in [4.69, 9.17) is 0 Å². The lowest BCUT2D eigenvalue weighted by Gasteiger charge is -2.32. The number of halogens is 1. The SMILES string of the molecule is CCNC(=NCCS(=O)C(C)(C)C)NC1CC(C)CC(C)C1.I. The average molecular weight is 457 g/mol. The topological polar surface area (TPSA) is 53.5 Å². The van der Waals surface area contributed by atoms with Crippen molar-refractivity contribution in [3.63, 3.8) is 0 Å². The molecule has 1 aliphatic carbocycles. The summed E-state index contributed by atoms with van der Waals surface area (Å²) in [4.78, 5) is 4.61. The molecule has 0 radical (unpaired) electrons. The number of rotatable bonds is 5. The number of hydrogen-bond acceptors (Lipinski definition) is 2. The number of nitrogens with one attached hydrogen (secondary N) is 2. The van der Waals surface area contributed by atoms with Gasteiger partial charge in [0.1, 0.15) is 0 Å². The molecule has 0 saturated heterocycles. The lowest BCUT2D eigenvalue weighted by molar-refractivity contribution is 0.255. The molecule has 3 unspecified atom stereocenters. The molecule has 1 rings (SSSR count). The first-order valence-electron chi connectivity index (χ1n) is 8.65. The molecule has 23 heavy (non-hydrogen) atoms. The van der Waals surface area contributed by atoms with Crippen molar-refractivity contribution in [2.75, 3.05) is 18.8 Å². The van der Waals surface area contributed by atoms with Crippen LogP contribution in [-0.2, 0) is 10.8 Å². The van der Waals surface area contributed by atoms with E-state index in [1.165, 1.54) is 19.3 Å². The van der Waals surface area contributed by atoms with Gasteiger partial charge in [-0.1, -0.05) is 13.8 Å². The fourth-order valence-corrected chi connectivity index (χ4v) is 3.99. The Balaban J connectivity index is 0.00000484. The van der Waals surface area contributed by atoms with Crippen molar-refractivity contribution < 1.29 is 4.21 Å². The van der Waals surface area contributed by atoms with E-state index in [-0.39, 0.29) is 28.7 Å². The molecule has 0 spiro atoms. The van der Waals surface area contributed by atoms with Crippen LogP contribution >= 0.6 is 24.0 Å². The zero-order valence-corrected chi connectivity index (χ0v) is 18.8. The Hall–Kier alpha value is 0.150. The molecule has 3 atom stereocenters. The predicted molar refractivity (Wildman–Crippen MR) is 113 cm³/mol. The number of guanidine groups is 1. The van der Waals surface area contributed by atoms with E-state index in [2.05, 4.69) is 36.4 Å². The minimum atomic E-state index is -0.838. The van der Waals surface area contributed by atoms with Crippen molar-refractivity contribution in [3.8, 4) is 0 Å². The van der Waals surface area contributed by atoms with E-state index < -0.39 is 10.8 Å². The summed E-state index contributed by atoms with van der Waals surface area (Å²) in [5.74, 6) is 3.05. The van der Waals surface area contributed by atoms with Crippen LogP contribution in [0.3, 0.4) is 0 Å². The van der Waals surface area contributed by atoms with Crippen LogP contribution < -0.4 is 10.6 Å². The van der Waals surface area contributed by atoms with Gasteiger partial charge in [0.05, 0.1) is 6.54 Å². The minimum Gasteiger partial charge on any atom is -0.357 e. The number of hydrogen-bond donors (Lipinski definition) is 2. The van der Waals surface area contributed by atoms with Crippen LogP contribution in [0.5, 0.6) is 0 Å². The molecular weight excluding hydrogens is 421 g/mol. The van der Waals surface area contributed by atoms with Crippen LogP contribution in [0.1, 0.15) is 60.8 Å². The van der Waals surface area contributed by atoms with Gasteiger partial charge in [0.15, 0.2) is 5.96 Å². The van der Waals surface area contributed by atoms with Crippen molar-refractivity contribution in [1.29, 1.82) is 0 Å². The van der Waals surface area contributed by atoms with Crippen LogP contribution in [0.2, 0.25) is 0 Å². The lowest BCUT2D eigenvalue weighted by atomic mass is 9.80. The van der Waals surface area contributed by atoms with Gasteiger partial charge in [-0.2, -0.15) is 0 Å². The third-order valence-corrected chi connectivity index (χ3v) is 6.01. The third kappa shape index (κ3) is 9.27. The van der Waals surface area contributed by atoms with Gasteiger partial charge in [-0.05, 0) is 58.8 Å². The Morgan fingerprint density at radius 2 is 1.74 bits per heavy atom. The zero-order valence-electron chi connectivity index (χ0n) is 15.6. The maximum atomic E-state index is 12.1. The summed E-state index contributed by atoms with van der Waals surface area (Å²) in [6.07, 6.45) is 3.75. The summed E-state index contributed by atoms with van der Waals surface area (Å²) in [5.41, 5.74) is 0.